The fourth-order valence-electron chi connectivity index (χ4n) is 3.09. The summed E-state index contributed by atoms with van der Waals surface area (Å²) in [5, 5.41) is 6.39. The summed E-state index contributed by atoms with van der Waals surface area (Å²) in [6.07, 6.45) is 3.89. The van der Waals surface area contributed by atoms with Gasteiger partial charge in [-0.1, -0.05) is 0 Å². The molecule has 1 aliphatic rings. The SMILES string of the molecule is O=C(NCC1CCCNC1)c1ccnc2nc(-c3ccc(Br)o3)[nH]c12. The first-order chi connectivity index (χ1) is 12.2. The van der Waals surface area contributed by atoms with E-state index in [2.05, 4.69) is 41.5 Å². The van der Waals surface area contributed by atoms with E-state index in [9.17, 15) is 4.79 Å². The second kappa shape index (κ2) is 6.97. The van der Waals surface area contributed by atoms with Crippen molar-refractivity contribution in [3.63, 3.8) is 0 Å². The number of piperidine rings is 1. The molecule has 1 unspecified atom stereocenters. The second-order valence-corrected chi connectivity index (χ2v) is 6.95. The molecule has 1 fully saturated rings. The number of nitrogens with zero attached hydrogens (tertiary/aromatic N) is 2. The number of carbonyl (C=O) groups excluding carboxylic acids is 1. The van der Waals surface area contributed by atoms with Crippen molar-refractivity contribution in [3.05, 3.63) is 34.6 Å². The molecule has 0 aromatic carbocycles. The van der Waals surface area contributed by atoms with Crippen LogP contribution >= 0.6 is 15.9 Å². The number of imidazole rings is 1. The lowest BCUT2D eigenvalue weighted by molar-refractivity contribution is 0.0946. The highest BCUT2D eigenvalue weighted by Crippen LogP contribution is 2.25. The third-order valence-corrected chi connectivity index (χ3v) is 4.82. The van der Waals surface area contributed by atoms with Crippen LogP contribution in [-0.4, -0.2) is 40.5 Å². The van der Waals surface area contributed by atoms with Gasteiger partial charge in [-0.2, -0.15) is 0 Å². The maximum absolute atomic E-state index is 12.6. The molecule has 1 saturated heterocycles. The molecule has 130 valence electrons. The van der Waals surface area contributed by atoms with E-state index in [1.54, 1.807) is 24.4 Å². The smallest absolute Gasteiger partial charge is 0.253 e. The lowest BCUT2D eigenvalue weighted by atomic mass is 10.00. The number of H-pyrrole nitrogens is 1. The summed E-state index contributed by atoms with van der Waals surface area (Å²) in [4.78, 5) is 24.4. The van der Waals surface area contributed by atoms with Crippen LogP contribution in [0.25, 0.3) is 22.7 Å². The number of aromatic nitrogens is 3. The van der Waals surface area contributed by atoms with E-state index in [0.717, 1.165) is 25.9 Å². The quantitative estimate of drug-likeness (QED) is 0.622. The third-order valence-electron chi connectivity index (χ3n) is 4.39. The molecule has 4 rings (SSSR count). The molecule has 0 aliphatic carbocycles. The molecule has 25 heavy (non-hydrogen) atoms. The zero-order valence-corrected chi connectivity index (χ0v) is 15.1. The van der Waals surface area contributed by atoms with Gasteiger partial charge < -0.3 is 20.0 Å². The zero-order valence-electron chi connectivity index (χ0n) is 13.5. The van der Waals surface area contributed by atoms with Crippen molar-refractivity contribution in [3.8, 4) is 11.6 Å². The number of hydrogen-bond acceptors (Lipinski definition) is 5. The van der Waals surface area contributed by atoms with Crippen LogP contribution in [0.15, 0.2) is 33.5 Å². The topological polar surface area (TPSA) is 95.8 Å². The molecule has 8 heteroatoms. The molecule has 0 radical (unpaired) electrons. The van der Waals surface area contributed by atoms with Crippen LogP contribution in [0.1, 0.15) is 23.2 Å². The van der Waals surface area contributed by atoms with Gasteiger partial charge in [0.05, 0.1) is 11.1 Å². The predicted molar refractivity (Wildman–Crippen MR) is 97.2 cm³/mol. The largest absolute Gasteiger partial charge is 0.446 e. The van der Waals surface area contributed by atoms with E-state index in [0.29, 0.717) is 45.4 Å². The molecule has 0 spiro atoms. The van der Waals surface area contributed by atoms with Crippen molar-refractivity contribution in [1.82, 2.24) is 25.6 Å². The van der Waals surface area contributed by atoms with Crippen LogP contribution in [0.3, 0.4) is 0 Å². The van der Waals surface area contributed by atoms with Gasteiger partial charge in [0.1, 0.15) is 0 Å². The van der Waals surface area contributed by atoms with E-state index in [1.165, 1.54) is 0 Å². The van der Waals surface area contributed by atoms with Gasteiger partial charge in [-0.25, -0.2) is 9.97 Å². The van der Waals surface area contributed by atoms with E-state index >= 15 is 0 Å². The normalized spacial score (nSPS) is 17.7. The fourth-order valence-corrected chi connectivity index (χ4v) is 3.40. The van der Waals surface area contributed by atoms with Gasteiger partial charge in [0.2, 0.25) is 0 Å². The minimum Gasteiger partial charge on any atom is -0.446 e. The Hall–Kier alpha value is -2.19. The molecule has 0 saturated carbocycles. The molecule has 3 aromatic rings. The van der Waals surface area contributed by atoms with Gasteiger partial charge >= 0.3 is 0 Å². The molecule has 7 nitrogen and oxygen atoms in total. The maximum atomic E-state index is 12.6. The van der Waals surface area contributed by atoms with Crippen molar-refractivity contribution in [2.45, 2.75) is 12.8 Å². The average Bonchev–Trinajstić information content (AvgIpc) is 3.26. The molecule has 1 atom stereocenters. The first kappa shape index (κ1) is 16.3. The summed E-state index contributed by atoms with van der Waals surface area (Å²) in [7, 11) is 0. The highest BCUT2D eigenvalue weighted by atomic mass is 79.9. The van der Waals surface area contributed by atoms with Crippen LogP contribution in [0.4, 0.5) is 0 Å². The van der Waals surface area contributed by atoms with Crippen LogP contribution < -0.4 is 10.6 Å². The molecule has 4 heterocycles. The predicted octanol–water partition coefficient (Wildman–Crippen LogP) is 2.71. The van der Waals surface area contributed by atoms with Gasteiger partial charge in [-0.15, -0.1) is 0 Å². The highest BCUT2D eigenvalue weighted by Gasteiger charge is 2.18. The number of fused-ring (bicyclic) bond motifs is 1. The number of hydrogen-bond donors (Lipinski definition) is 3. The van der Waals surface area contributed by atoms with Gasteiger partial charge in [0, 0.05) is 12.7 Å². The molecule has 3 N–H and O–H groups in total. The lowest BCUT2D eigenvalue weighted by Gasteiger charge is -2.22. The molecule has 1 aliphatic heterocycles. The summed E-state index contributed by atoms with van der Waals surface area (Å²) >= 11 is 3.28. The van der Waals surface area contributed by atoms with Crippen LogP contribution in [-0.2, 0) is 0 Å². The van der Waals surface area contributed by atoms with E-state index < -0.39 is 0 Å². The molecular formula is C17H18BrN5O2. The number of rotatable bonds is 4. The highest BCUT2D eigenvalue weighted by molar-refractivity contribution is 9.10. The third kappa shape index (κ3) is 3.45. The number of halogens is 1. The Labute approximate surface area is 152 Å². The summed E-state index contributed by atoms with van der Waals surface area (Å²) in [5.41, 5.74) is 1.65. The van der Waals surface area contributed by atoms with Crippen molar-refractivity contribution >= 4 is 33.0 Å². The van der Waals surface area contributed by atoms with Crippen LogP contribution in [0.5, 0.6) is 0 Å². The van der Waals surface area contributed by atoms with Crippen LogP contribution in [0.2, 0.25) is 0 Å². The lowest BCUT2D eigenvalue weighted by Crippen LogP contribution is -2.38. The second-order valence-electron chi connectivity index (χ2n) is 6.17. The summed E-state index contributed by atoms with van der Waals surface area (Å²) in [5.74, 6) is 1.50. The van der Waals surface area contributed by atoms with Gasteiger partial charge in [-0.3, -0.25) is 4.79 Å². The van der Waals surface area contributed by atoms with Gasteiger partial charge in [0.15, 0.2) is 21.9 Å². The summed E-state index contributed by atoms with van der Waals surface area (Å²) in [6.45, 7) is 2.69. The minimum atomic E-state index is -0.117. The number of furan rings is 1. The van der Waals surface area contributed by atoms with Crippen molar-refractivity contribution in [2.24, 2.45) is 5.92 Å². The van der Waals surface area contributed by atoms with Crippen molar-refractivity contribution in [2.75, 3.05) is 19.6 Å². The number of aromatic amines is 1. The number of carbonyl (C=O) groups is 1. The zero-order chi connectivity index (χ0) is 17.2. The van der Waals surface area contributed by atoms with Crippen LogP contribution in [0, 0.1) is 5.92 Å². The van der Waals surface area contributed by atoms with E-state index in [-0.39, 0.29) is 5.91 Å². The first-order valence-corrected chi connectivity index (χ1v) is 9.09. The number of pyridine rings is 1. The Balaban J connectivity index is 1.56. The van der Waals surface area contributed by atoms with Gasteiger partial charge in [-0.05, 0) is 66.0 Å². The summed E-state index contributed by atoms with van der Waals surface area (Å²) in [6, 6.07) is 5.30. The maximum Gasteiger partial charge on any atom is 0.253 e. The molecule has 0 bridgehead atoms. The Morgan fingerprint density at radius 3 is 3.08 bits per heavy atom. The number of nitrogens with one attached hydrogen (secondary N) is 3. The average molecular weight is 404 g/mol. The van der Waals surface area contributed by atoms with Gasteiger partial charge in [0.25, 0.3) is 5.91 Å². The van der Waals surface area contributed by atoms with Crippen molar-refractivity contribution < 1.29 is 9.21 Å². The van der Waals surface area contributed by atoms with E-state index in [4.69, 9.17) is 4.42 Å². The summed E-state index contributed by atoms with van der Waals surface area (Å²) < 4.78 is 6.13. The fraction of sp³-hybridized carbons (Fsp3) is 0.353. The first-order valence-electron chi connectivity index (χ1n) is 8.30. The van der Waals surface area contributed by atoms with Crippen molar-refractivity contribution in [1.29, 1.82) is 0 Å². The molecular weight excluding hydrogens is 386 g/mol. The Kier molecular flexibility index (Phi) is 4.54. The Morgan fingerprint density at radius 1 is 1.40 bits per heavy atom. The van der Waals surface area contributed by atoms with E-state index in [1.807, 2.05) is 0 Å². The molecule has 1 amide bonds. The Morgan fingerprint density at radius 2 is 2.32 bits per heavy atom. The standard InChI is InChI=1S/C17H18BrN5O2/c18-13-4-3-12(25-13)15-22-14-11(5-7-20-16(14)23-15)17(24)21-9-10-2-1-6-19-8-10/h3-5,7,10,19H,1-2,6,8-9H2,(H,21,24)(H,20,22,23). The minimum absolute atomic E-state index is 0.117. The monoisotopic (exact) mass is 403 g/mol. The molecule has 3 aromatic heterocycles. The number of amides is 1. The Bertz CT molecular complexity index is 897.